The van der Waals surface area contributed by atoms with Gasteiger partial charge in [-0.3, -0.25) is 0 Å². The molecule has 0 rings (SSSR count). The van der Waals surface area contributed by atoms with Crippen molar-refractivity contribution in [1.29, 1.82) is 0 Å². The summed E-state index contributed by atoms with van der Waals surface area (Å²) in [5.74, 6) is 0. The van der Waals surface area contributed by atoms with Crippen LogP contribution in [-0.2, 0) is 15.2 Å². The fraction of sp³-hybridized carbons (Fsp3) is 0.750. The van der Waals surface area contributed by atoms with Gasteiger partial charge in [-0.2, -0.15) is 8.42 Å². The predicted molar refractivity (Wildman–Crippen MR) is 49.3 cm³/mol. The van der Waals surface area contributed by atoms with Crippen LogP contribution in [0.2, 0.25) is 0 Å². The zero-order valence-electron chi connectivity index (χ0n) is 7.36. The van der Waals surface area contributed by atoms with Crippen LogP contribution in [0.1, 0.15) is 39.0 Å². The van der Waals surface area contributed by atoms with Crippen LogP contribution in [0.3, 0.4) is 0 Å². The van der Waals surface area contributed by atoms with E-state index in [1.54, 1.807) is 6.08 Å². The minimum Gasteiger partial charge on any atom is -0.393 e. The van der Waals surface area contributed by atoms with Gasteiger partial charge in [0.25, 0.3) is 11.0 Å². The molecule has 4 heteroatoms. The van der Waals surface area contributed by atoms with Crippen LogP contribution in [0.25, 0.3) is 0 Å². The molecule has 0 atom stereocenters. The maximum Gasteiger partial charge on any atom is 0.298 e. The van der Waals surface area contributed by atoms with E-state index < -0.39 is 11.0 Å². The van der Waals surface area contributed by atoms with E-state index in [0.29, 0.717) is 0 Å². The van der Waals surface area contributed by atoms with Gasteiger partial charge in [0.15, 0.2) is 0 Å². The van der Waals surface area contributed by atoms with Gasteiger partial charge in [-0.1, -0.05) is 26.2 Å². The molecule has 12 heavy (non-hydrogen) atoms. The topological polar surface area (TPSA) is 43.4 Å². The third kappa shape index (κ3) is 9.49. The molecule has 0 unspecified atom stereocenters. The Kier molecular flexibility index (Phi) is 8.22. The minimum atomic E-state index is -2.71. The molecule has 0 radical (unpaired) electrons. The van der Waals surface area contributed by atoms with Crippen LogP contribution < -0.4 is 0 Å². The molecule has 72 valence electrons. The van der Waals surface area contributed by atoms with Crippen molar-refractivity contribution in [3.8, 4) is 0 Å². The zero-order valence-corrected chi connectivity index (χ0v) is 8.26. The van der Waals surface area contributed by atoms with Crippen molar-refractivity contribution < 1.29 is 12.6 Å². The highest BCUT2D eigenvalue weighted by molar-refractivity contribution is 7.67. The van der Waals surface area contributed by atoms with Crippen molar-refractivity contribution >= 4 is 11.0 Å². The number of thiol groups is 1. The second-order valence-corrected chi connectivity index (χ2v) is 3.21. The Labute approximate surface area is 75.6 Å². The second-order valence-electron chi connectivity index (χ2n) is 2.55. The molecule has 0 fully saturated rings. The summed E-state index contributed by atoms with van der Waals surface area (Å²) in [7, 11) is -2.71. The van der Waals surface area contributed by atoms with Crippen molar-refractivity contribution in [2.75, 3.05) is 0 Å². The normalized spacial score (nSPS) is 11.2. The highest BCUT2D eigenvalue weighted by Crippen LogP contribution is 2.02. The third-order valence-electron chi connectivity index (χ3n) is 1.47. The summed E-state index contributed by atoms with van der Waals surface area (Å²) in [4.78, 5) is 0. The van der Waals surface area contributed by atoms with Crippen molar-refractivity contribution in [2.45, 2.75) is 39.0 Å². The Bertz CT molecular complexity index is 177. The number of unbranched alkanes of at least 4 members (excludes halogenated alkanes) is 4. The molecule has 0 saturated carbocycles. The summed E-state index contributed by atoms with van der Waals surface area (Å²) >= 11 is 0. The van der Waals surface area contributed by atoms with Crippen LogP contribution in [0.4, 0.5) is 0 Å². The van der Waals surface area contributed by atoms with Gasteiger partial charge in [0.05, 0.1) is 0 Å². The van der Waals surface area contributed by atoms with Gasteiger partial charge in [0.1, 0.15) is 6.26 Å². The summed E-state index contributed by atoms with van der Waals surface area (Å²) in [5, 5.41) is 0. The summed E-state index contributed by atoms with van der Waals surface area (Å²) < 4.78 is 24.0. The van der Waals surface area contributed by atoms with Crippen LogP contribution in [0.15, 0.2) is 12.3 Å². The lowest BCUT2D eigenvalue weighted by Crippen LogP contribution is -1.77. The van der Waals surface area contributed by atoms with Crippen molar-refractivity contribution in [1.82, 2.24) is 0 Å². The average Bonchev–Trinajstić information content (AvgIpc) is 2.02. The quantitative estimate of drug-likeness (QED) is 0.381. The maximum atomic E-state index is 9.90. The smallest absolute Gasteiger partial charge is 0.298 e. The SMILES string of the molecule is CCCCCCC=CO[SH](=O)=O. The number of rotatable bonds is 7. The molecule has 0 bridgehead atoms. The Morgan fingerprint density at radius 3 is 2.58 bits per heavy atom. The fourth-order valence-corrected chi connectivity index (χ4v) is 1.04. The molecule has 0 aromatic rings. The fourth-order valence-electron chi connectivity index (χ4n) is 0.850. The molecule has 0 amide bonds. The first-order chi connectivity index (χ1) is 5.77. The van der Waals surface area contributed by atoms with Gasteiger partial charge >= 0.3 is 0 Å². The van der Waals surface area contributed by atoms with E-state index in [0.717, 1.165) is 12.8 Å². The molecule has 0 aromatic heterocycles. The average molecular weight is 192 g/mol. The first kappa shape index (κ1) is 11.5. The molecule has 0 saturated heterocycles. The molecule has 0 spiro atoms. The summed E-state index contributed by atoms with van der Waals surface area (Å²) in [6.45, 7) is 2.15. The molecular formula is C8H16O3S. The molecular weight excluding hydrogens is 176 g/mol. The minimum absolute atomic E-state index is 0.892. The van der Waals surface area contributed by atoms with E-state index in [-0.39, 0.29) is 0 Å². The molecule has 0 N–H and O–H groups in total. The van der Waals surface area contributed by atoms with Crippen molar-refractivity contribution in [2.24, 2.45) is 0 Å². The van der Waals surface area contributed by atoms with Gasteiger partial charge < -0.3 is 4.18 Å². The van der Waals surface area contributed by atoms with Crippen LogP contribution in [0, 0.1) is 0 Å². The highest BCUT2D eigenvalue weighted by atomic mass is 32.2. The van der Waals surface area contributed by atoms with Gasteiger partial charge in [-0.05, 0) is 18.9 Å². The highest BCUT2D eigenvalue weighted by Gasteiger charge is 1.84. The molecule has 0 aromatic carbocycles. The van der Waals surface area contributed by atoms with E-state index in [1.165, 1.54) is 25.5 Å². The van der Waals surface area contributed by atoms with Gasteiger partial charge in [-0.15, -0.1) is 0 Å². The largest absolute Gasteiger partial charge is 0.393 e. The Morgan fingerprint density at radius 1 is 1.25 bits per heavy atom. The number of hydrogen-bond donors (Lipinski definition) is 1. The van der Waals surface area contributed by atoms with Crippen LogP contribution >= 0.6 is 0 Å². The van der Waals surface area contributed by atoms with Gasteiger partial charge in [0.2, 0.25) is 0 Å². The van der Waals surface area contributed by atoms with E-state index in [4.69, 9.17) is 0 Å². The van der Waals surface area contributed by atoms with Gasteiger partial charge in [0, 0.05) is 0 Å². The third-order valence-corrected chi connectivity index (χ3v) is 1.76. The summed E-state index contributed by atoms with van der Waals surface area (Å²) in [6.07, 6.45) is 8.62. The molecule has 0 aliphatic carbocycles. The summed E-state index contributed by atoms with van der Waals surface area (Å²) in [5.41, 5.74) is 0. The lowest BCUT2D eigenvalue weighted by Gasteiger charge is -1.93. The van der Waals surface area contributed by atoms with E-state index >= 15 is 0 Å². The van der Waals surface area contributed by atoms with E-state index in [9.17, 15) is 8.42 Å². The molecule has 0 heterocycles. The Hall–Kier alpha value is -0.510. The standard InChI is InChI=1S/C8H16O3S/c1-2-3-4-5-6-7-8-11-12(9)10/h7-8,12H,2-6H2,1H3. The van der Waals surface area contributed by atoms with Crippen molar-refractivity contribution in [3.05, 3.63) is 12.3 Å². The first-order valence-electron chi connectivity index (χ1n) is 4.23. The van der Waals surface area contributed by atoms with E-state index in [1.807, 2.05) is 0 Å². The van der Waals surface area contributed by atoms with Gasteiger partial charge in [-0.25, -0.2) is 0 Å². The lowest BCUT2D eigenvalue weighted by atomic mass is 10.2. The molecule has 3 nitrogen and oxygen atoms in total. The monoisotopic (exact) mass is 192 g/mol. The van der Waals surface area contributed by atoms with E-state index in [2.05, 4.69) is 11.1 Å². The van der Waals surface area contributed by atoms with Crippen molar-refractivity contribution in [3.63, 3.8) is 0 Å². The molecule has 0 aliphatic heterocycles. The number of allylic oxidation sites excluding steroid dienone is 1. The Balaban J connectivity index is 3.13. The van der Waals surface area contributed by atoms with Crippen LogP contribution in [0.5, 0.6) is 0 Å². The zero-order chi connectivity index (χ0) is 9.23. The maximum absolute atomic E-state index is 9.90. The Morgan fingerprint density at radius 2 is 2.00 bits per heavy atom. The second kappa shape index (κ2) is 8.59. The first-order valence-corrected chi connectivity index (χ1v) is 5.33. The lowest BCUT2D eigenvalue weighted by molar-refractivity contribution is 0.464. The molecule has 0 aliphatic rings. The predicted octanol–water partition coefficient (Wildman–Crippen LogP) is 2.01. The summed E-state index contributed by atoms with van der Waals surface area (Å²) in [6, 6.07) is 0. The number of hydrogen-bond acceptors (Lipinski definition) is 3. The van der Waals surface area contributed by atoms with Crippen LogP contribution in [-0.4, -0.2) is 8.42 Å².